The Morgan fingerprint density at radius 2 is 2.31 bits per heavy atom. The molecule has 2 aliphatic carbocycles. The molecular formula is C12H14O4. The van der Waals surface area contributed by atoms with E-state index in [1.165, 1.54) is 6.08 Å². The summed E-state index contributed by atoms with van der Waals surface area (Å²) in [7, 11) is 0. The molecule has 0 spiro atoms. The van der Waals surface area contributed by atoms with Crippen LogP contribution in [0.2, 0.25) is 0 Å². The van der Waals surface area contributed by atoms with E-state index in [9.17, 15) is 9.59 Å². The predicted molar refractivity (Wildman–Crippen MR) is 54.3 cm³/mol. The van der Waals surface area contributed by atoms with Crippen LogP contribution in [0.25, 0.3) is 0 Å². The van der Waals surface area contributed by atoms with Crippen molar-refractivity contribution in [1.82, 2.24) is 0 Å². The van der Waals surface area contributed by atoms with Crippen LogP contribution in [0.15, 0.2) is 12.2 Å². The Morgan fingerprint density at radius 3 is 3.06 bits per heavy atom. The van der Waals surface area contributed by atoms with Crippen LogP contribution in [0.1, 0.15) is 19.8 Å². The highest BCUT2D eigenvalue weighted by Crippen LogP contribution is 2.55. The second-order valence-corrected chi connectivity index (χ2v) is 4.80. The molecule has 5 unspecified atom stereocenters. The van der Waals surface area contributed by atoms with Crippen molar-refractivity contribution in [1.29, 1.82) is 0 Å². The lowest BCUT2D eigenvalue weighted by atomic mass is 9.88. The Hall–Kier alpha value is -1.32. The first-order valence-electron chi connectivity index (χ1n) is 5.74. The van der Waals surface area contributed by atoms with Crippen molar-refractivity contribution in [3.63, 3.8) is 0 Å². The van der Waals surface area contributed by atoms with Crippen molar-refractivity contribution in [3.05, 3.63) is 12.2 Å². The lowest BCUT2D eigenvalue weighted by Gasteiger charge is -2.24. The molecule has 4 heteroatoms. The molecule has 0 aromatic carbocycles. The topological polar surface area (TPSA) is 52.6 Å². The number of ether oxygens (including phenoxy) is 2. The van der Waals surface area contributed by atoms with E-state index in [1.54, 1.807) is 13.0 Å². The largest absolute Gasteiger partial charge is 0.458 e. The van der Waals surface area contributed by atoms with Crippen LogP contribution >= 0.6 is 0 Å². The summed E-state index contributed by atoms with van der Waals surface area (Å²) in [5.74, 6) is 0.259. The SMILES string of the molecule is CC=CC(=O)OC1C2CC3C(=O)OC1C3C2. The smallest absolute Gasteiger partial charge is 0.330 e. The van der Waals surface area contributed by atoms with Crippen molar-refractivity contribution in [2.24, 2.45) is 17.8 Å². The molecule has 4 nitrogen and oxygen atoms in total. The van der Waals surface area contributed by atoms with E-state index in [0.717, 1.165) is 12.8 Å². The van der Waals surface area contributed by atoms with E-state index in [-0.39, 0.29) is 30.1 Å². The summed E-state index contributed by atoms with van der Waals surface area (Å²) in [5.41, 5.74) is 0. The van der Waals surface area contributed by atoms with Gasteiger partial charge in [0.15, 0.2) is 0 Å². The monoisotopic (exact) mass is 222 g/mol. The van der Waals surface area contributed by atoms with E-state index in [4.69, 9.17) is 9.47 Å². The Kier molecular flexibility index (Phi) is 2.06. The van der Waals surface area contributed by atoms with E-state index in [2.05, 4.69) is 0 Å². The van der Waals surface area contributed by atoms with Gasteiger partial charge in [-0.2, -0.15) is 0 Å². The molecule has 2 saturated carbocycles. The molecule has 86 valence electrons. The summed E-state index contributed by atoms with van der Waals surface area (Å²) in [6.07, 6.45) is 4.46. The molecule has 0 N–H and O–H groups in total. The minimum Gasteiger partial charge on any atom is -0.458 e. The zero-order chi connectivity index (χ0) is 11.3. The summed E-state index contributed by atoms with van der Waals surface area (Å²) in [6.45, 7) is 1.77. The molecule has 3 aliphatic rings. The van der Waals surface area contributed by atoms with Crippen LogP contribution in [0.3, 0.4) is 0 Å². The van der Waals surface area contributed by atoms with Gasteiger partial charge in [-0.1, -0.05) is 6.08 Å². The summed E-state index contributed by atoms with van der Waals surface area (Å²) < 4.78 is 10.7. The normalized spacial score (nSPS) is 44.1. The summed E-state index contributed by atoms with van der Waals surface area (Å²) in [4.78, 5) is 22.9. The molecule has 0 amide bonds. The standard InChI is InChI=1S/C12H14O4/c1-2-3-9(13)15-10-6-4-7-8(5-6)12(14)16-11(7)10/h2-3,6-8,10-11H,4-5H2,1H3. The molecule has 0 aromatic rings. The van der Waals surface area contributed by atoms with Gasteiger partial charge in [-0.15, -0.1) is 0 Å². The first-order chi connectivity index (χ1) is 7.70. The number of hydrogen-bond acceptors (Lipinski definition) is 4. The number of hydrogen-bond donors (Lipinski definition) is 0. The van der Waals surface area contributed by atoms with Crippen molar-refractivity contribution in [2.45, 2.75) is 32.0 Å². The van der Waals surface area contributed by atoms with Crippen molar-refractivity contribution < 1.29 is 19.1 Å². The van der Waals surface area contributed by atoms with Gasteiger partial charge in [-0.25, -0.2) is 4.79 Å². The Bertz CT molecular complexity index is 373. The highest BCUT2D eigenvalue weighted by atomic mass is 16.6. The van der Waals surface area contributed by atoms with Crippen molar-refractivity contribution in [3.8, 4) is 0 Å². The van der Waals surface area contributed by atoms with Crippen LogP contribution < -0.4 is 0 Å². The molecule has 3 fully saturated rings. The lowest BCUT2D eigenvalue weighted by Crippen LogP contribution is -2.35. The Balaban J connectivity index is 1.75. The third kappa shape index (κ3) is 1.22. The average Bonchev–Trinajstić information content (AvgIpc) is 2.82. The minimum absolute atomic E-state index is 0.0756. The lowest BCUT2D eigenvalue weighted by molar-refractivity contribution is -0.157. The maximum atomic E-state index is 11.5. The van der Waals surface area contributed by atoms with Gasteiger partial charge >= 0.3 is 11.9 Å². The quantitative estimate of drug-likeness (QED) is 0.517. The van der Waals surface area contributed by atoms with Gasteiger partial charge in [-0.05, 0) is 19.8 Å². The maximum absolute atomic E-state index is 11.5. The van der Waals surface area contributed by atoms with Crippen LogP contribution in [-0.2, 0) is 19.1 Å². The van der Waals surface area contributed by atoms with Crippen molar-refractivity contribution in [2.75, 3.05) is 0 Å². The van der Waals surface area contributed by atoms with Crippen LogP contribution in [0, 0.1) is 17.8 Å². The number of esters is 2. The number of carbonyl (C=O) groups excluding carboxylic acids is 2. The number of carbonyl (C=O) groups is 2. The van der Waals surface area contributed by atoms with E-state index in [0.29, 0.717) is 11.8 Å². The average molecular weight is 222 g/mol. The number of rotatable bonds is 2. The molecule has 0 aromatic heterocycles. The maximum Gasteiger partial charge on any atom is 0.330 e. The third-order valence-electron chi connectivity index (χ3n) is 3.97. The summed E-state index contributed by atoms with van der Waals surface area (Å²) in [5, 5.41) is 0. The fourth-order valence-electron chi connectivity index (χ4n) is 3.37. The van der Waals surface area contributed by atoms with Gasteiger partial charge < -0.3 is 9.47 Å². The zero-order valence-corrected chi connectivity index (χ0v) is 9.09. The van der Waals surface area contributed by atoms with Gasteiger partial charge in [0.25, 0.3) is 0 Å². The van der Waals surface area contributed by atoms with Gasteiger partial charge in [0.2, 0.25) is 0 Å². The minimum atomic E-state index is -0.334. The zero-order valence-electron chi connectivity index (χ0n) is 9.09. The van der Waals surface area contributed by atoms with Crippen LogP contribution in [-0.4, -0.2) is 24.1 Å². The molecule has 1 aliphatic heterocycles. The highest BCUT2D eigenvalue weighted by Gasteiger charge is 2.63. The van der Waals surface area contributed by atoms with Crippen LogP contribution in [0.5, 0.6) is 0 Å². The van der Waals surface area contributed by atoms with Crippen LogP contribution in [0.4, 0.5) is 0 Å². The van der Waals surface area contributed by atoms with E-state index in [1.807, 2.05) is 0 Å². The second-order valence-electron chi connectivity index (χ2n) is 4.80. The molecular weight excluding hydrogens is 208 g/mol. The van der Waals surface area contributed by atoms with Gasteiger partial charge in [0.1, 0.15) is 12.2 Å². The molecule has 0 radical (unpaired) electrons. The Morgan fingerprint density at radius 1 is 1.50 bits per heavy atom. The molecule has 3 rings (SSSR count). The summed E-state index contributed by atoms with van der Waals surface area (Å²) >= 11 is 0. The molecule has 5 atom stereocenters. The van der Waals surface area contributed by atoms with Gasteiger partial charge in [0, 0.05) is 17.9 Å². The van der Waals surface area contributed by atoms with Crippen molar-refractivity contribution >= 4 is 11.9 Å². The predicted octanol–water partition coefficient (Wildman–Crippen LogP) is 1.06. The second kappa shape index (κ2) is 3.34. The summed E-state index contributed by atoms with van der Waals surface area (Å²) in [6, 6.07) is 0. The Labute approximate surface area is 93.6 Å². The fourth-order valence-corrected chi connectivity index (χ4v) is 3.37. The molecule has 16 heavy (non-hydrogen) atoms. The first kappa shape index (κ1) is 9.87. The third-order valence-corrected chi connectivity index (χ3v) is 3.97. The van der Waals surface area contributed by atoms with E-state index >= 15 is 0 Å². The van der Waals surface area contributed by atoms with E-state index < -0.39 is 0 Å². The first-order valence-corrected chi connectivity index (χ1v) is 5.74. The molecule has 1 heterocycles. The van der Waals surface area contributed by atoms with Gasteiger partial charge in [0.05, 0.1) is 5.92 Å². The van der Waals surface area contributed by atoms with Gasteiger partial charge in [-0.3, -0.25) is 4.79 Å². The molecule has 2 bridgehead atoms. The highest BCUT2D eigenvalue weighted by molar-refractivity contribution is 5.82. The molecule has 1 saturated heterocycles. The number of fused-ring (bicyclic) bond motifs is 1. The fraction of sp³-hybridized carbons (Fsp3) is 0.667. The number of allylic oxidation sites excluding steroid dienone is 1.